The smallest absolute Gasteiger partial charge is 0.312 e. The van der Waals surface area contributed by atoms with Crippen LogP contribution in [0.5, 0.6) is 0 Å². The Bertz CT molecular complexity index is 426. The molecule has 0 aliphatic heterocycles. The van der Waals surface area contributed by atoms with Gasteiger partial charge in [-0.3, -0.25) is 4.79 Å². The molecule has 3 nitrogen and oxygen atoms in total. The number of nitrogens with one attached hydrogen (secondary N) is 1. The minimum atomic E-state index is -0.743. The fourth-order valence-electron chi connectivity index (χ4n) is 3.48. The largest absolute Gasteiger partial charge is 0.481 e. The standard InChI is InChI=1S/C18H27NO2/c1-2-17(15-11-7-4-8-12-15)19-13-16(18(20)21)14-9-5-3-6-10-14/h3,5-6,9-10,15-17,19H,2,4,7-8,11-13H2,1H3,(H,20,21). The molecule has 1 aromatic rings. The molecule has 1 aromatic carbocycles. The quantitative estimate of drug-likeness (QED) is 0.802. The van der Waals surface area contributed by atoms with Crippen molar-refractivity contribution >= 4 is 5.97 Å². The summed E-state index contributed by atoms with van der Waals surface area (Å²) in [4.78, 5) is 11.5. The van der Waals surface area contributed by atoms with Crippen LogP contribution in [0.3, 0.4) is 0 Å². The Balaban J connectivity index is 1.95. The number of rotatable bonds is 7. The highest BCUT2D eigenvalue weighted by Crippen LogP contribution is 2.28. The first-order chi connectivity index (χ1) is 10.2. The molecule has 1 aliphatic rings. The number of carboxylic acids is 1. The van der Waals surface area contributed by atoms with Gasteiger partial charge in [-0.25, -0.2) is 0 Å². The van der Waals surface area contributed by atoms with Crippen molar-refractivity contribution < 1.29 is 9.90 Å². The predicted molar refractivity (Wildman–Crippen MR) is 85.5 cm³/mol. The maximum absolute atomic E-state index is 11.5. The van der Waals surface area contributed by atoms with E-state index >= 15 is 0 Å². The number of benzene rings is 1. The van der Waals surface area contributed by atoms with Gasteiger partial charge in [0.2, 0.25) is 0 Å². The van der Waals surface area contributed by atoms with Crippen LogP contribution in [0.25, 0.3) is 0 Å². The third-order valence-corrected chi connectivity index (χ3v) is 4.74. The third kappa shape index (κ3) is 4.57. The van der Waals surface area contributed by atoms with Crippen LogP contribution in [-0.2, 0) is 4.79 Å². The summed E-state index contributed by atoms with van der Waals surface area (Å²) in [5.41, 5.74) is 0.885. The van der Waals surface area contributed by atoms with Crippen LogP contribution in [0.2, 0.25) is 0 Å². The van der Waals surface area contributed by atoms with E-state index in [1.165, 1.54) is 32.1 Å². The van der Waals surface area contributed by atoms with Crippen molar-refractivity contribution in [3.63, 3.8) is 0 Å². The molecule has 2 unspecified atom stereocenters. The molecule has 0 saturated heterocycles. The second-order valence-electron chi connectivity index (χ2n) is 6.12. The minimum absolute atomic E-state index is 0.455. The molecule has 2 N–H and O–H groups in total. The lowest BCUT2D eigenvalue weighted by Crippen LogP contribution is -2.40. The number of carboxylic acid groups (broad SMARTS) is 1. The van der Waals surface area contributed by atoms with Gasteiger partial charge >= 0.3 is 5.97 Å². The highest BCUT2D eigenvalue weighted by atomic mass is 16.4. The molecule has 1 aliphatic carbocycles. The zero-order valence-corrected chi connectivity index (χ0v) is 12.9. The zero-order chi connectivity index (χ0) is 15.1. The molecule has 0 amide bonds. The maximum atomic E-state index is 11.5. The van der Waals surface area contributed by atoms with Crippen LogP contribution in [-0.4, -0.2) is 23.7 Å². The van der Waals surface area contributed by atoms with Crippen molar-refractivity contribution in [2.24, 2.45) is 5.92 Å². The lowest BCUT2D eigenvalue weighted by molar-refractivity contribution is -0.138. The van der Waals surface area contributed by atoms with Crippen molar-refractivity contribution in [2.75, 3.05) is 6.54 Å². The van der Waals surface area contributed by atoms with Gasteiger partial charge in [-0.2, -0.15) is 0 Å². The van der Waals surface area contributed by atoms with Gasteiger partial charge in [0, 0.05) is 12.6 Å². The Kier molecular flexibility index (Phi) is 6.24. The summed E-state index contributed by atoms with van der Waals surface area (Å²) >= 11 is 0. The van der Waals surface area contributed by atoms with Crippen molar-refractivity contribution in [3.05, 3.63) is 35.9 Å². The van der Waals surface area contributed by atoms with Gasteiger partial charge in [0.15, 0.2) is 0 Å². The summed E-state index contributed by atoms with van der Waals surface area (Å²) in [6, 6.07) is 10.0. The highest BCUT2D eigenvalue weighted by molar-refractivity contribution is 5.76. The average molecular weight is 289 g/mol. The van der Waals surface area contributed by atoms with E-state index in [1.807, 2.05) is 30.3 Å². The molecule has 0 spiro atoms. The van der Waals surface area contributed by atoms with E-state index in [0.717, 1.165) is 12.0 Å². The molecule has 116 valence electrons. The fraction of sp³-hybridized carbons (Fsp3) is 0.611. The topological polar surface area (TPSA) is 49.3 Å². The van der Waals surface area contributed by atoms with Crippen LogP contribution >= 0.6 is 0 Å². The predicted octanol–water partition coefficient (Wildman–Crippen LogP) is 3.80. The molecule has 1 saturated carbocycles. The third-order valence-electron chi connectivity index (χ3n) is 4.74. The number of carbonyl (C=O) groups is 1. The molecule has 0 heterocycles. The molecule has 0 bridgehead atoms. The van der Waals surface area contributed by atoms with E-state index < -0.39 is 11.9 Å². The number of hydrogen-bond acceptors (Lipinski definition) is 2. The summed E-state index contributed by atoms with van der Waals surface area (Å²) < 4.78 is 0. The van der Waals surface area contributed by atoms with Crippen molar-refractivity contribution in [1.29, 1.82) is 0 Å². The molecule has 3 heteroatoms. The first kappa shape index (κ1) is 16.0. The van der Waals surface area contributed by atoms with Gasteiger partial charge in [0.05, 0.1) is 5.92 Å². The van der Waals surface area contributed by atoms with E-state index in [-0.39, 0.29) is 0 Å². The highest BCUT2D eigenvalue weighted by Gasteiger charge is 2.25. The van der Waals surface area contributed by atoms with Crippen molar-refractivity contribution in [3.8, 4) is 0 Å². The average Bonchev–Trinajstić information content (AvgIpc) is 2.53. The van der Waals surface area contributed by atoms with Gasteiger partial charge in [0.25, 0.3) is 0 Å². The summed E-state index contributed by atoms with van der Waals surface area (Å²) in [5.74, 6) is -0.481. The lowest BCUT2D eigenvalue weighted by Gasteiger charge is -2.31. The van der Waals surface area contributed by atoms with Gasteiger partial charge in [-0.15, -0.1) is 0 Å². The fourth-order valence-corrected chi connectivity index (χ4v) is 3.48. The van der Waals surface area contributed by atoms with Gasteiger partial charge < -0.3 is 10.4 Å². The summed E-state index contributed by atoms with van der Waals surface area (Å²) in [7, 11) is 0. The first-order valence-corrected chi connectivity index (χ1v) is 8.23. The minimum Gasteiger partial charge on any atom is -0.481 e. The maximum Gasteiger partial charge on any atom is 0.312 e. The van der Waals surface area contributed by atoms with Gasteiger partial charge in [-0.05, 0) is 30.7 Å². The van der Waals surface area contributed by atoms with Crippen LogP contribution in [0.1, 0.15) is 56.9 Å². The SMILES string of the molecule is CCC(NCC(C(=O)O)c1ccccc1)C1CCCCC1. The summed E-state index contributed by atoms with van der Waals surface area (Å²) in [6.45, 7) is 2.72. The molecule has 2 atom stereocenters. The Labute approximate surface area is 127 Å². The number of aliphatic carboxylic acids is 1. The summed E-state index contributed by atoms with van der Waals surface area (Å²) in [5, 5.41) is 13.0. The Morgan fingerprint density at radius 1 is 1.24 bits per heavy atom. The van der Waals surface area contributed by atoms with Gasteiger partial charge in [0.1, 0.15) is 0 Å². The molecular weight excluding hydrogens is 262 g/mol. The second-order valence-corrected chi connectivity index (χ2v) is 6.12. The van der Waals surface area contributed by atoms with Crippen LogP contribution in [0, 0.1) is 5.92 Å². The molecule has 2 rings (SSSR count). The van der Waals surface area contributed by atoms with E-state index in [2.05, 4.69) is 12.2 Å². The number of hydrogen-bond donors (Lipinski definition) is 2. The molecule has 21 heavy (non-hydrogen) atoms. The molecular formula is C18H27NO2. The molecule has 1 fully saturated rings. The van der Waals surface area contributed by atoms with Crippen LogP contribution in [0.15, 0.2) is 30.3 Å². The van der Waals surface area contributed by atoms with Crippen molar-refractivity contribution in [2.45, 2.75) is 57.4 Å². The normalized spacial score (nSPS) is 19.1. The van der Waals surface area contributed by atoms with E-state index in [9.17, 15) is 9.90 Å². The summed E-state index contributed by atoms with van der Waals surface area (Å²) in [6.07, 6.45) is 7.65. The first-order valence-electron chi connectivity index (χ1n) is 8.23. The van der Waals surface area contributed by atoms with Gasteiger partial charge in [-0.1, -0.05) is 56.5 Å². The lowest BCUT2D eigenvalue weighted by atomic mass is 9.82. The van der Waals surface area contributed by atoms with E-state index in [1.54, 1.807) is 0 Å². The van der Waals surface area contributed by atoms with Crippen LogP contribution in [0.4, 0.5) is 0 Å². The Morgan fingerprint density at radius 2 is 1.90 bits per heavy atom. The zero-order valence-electron chi connectivity index (χ0n) is 12.9. The Hall–Kier alpha value is -1.35. The second kappa shape index (κ2) is 8.18. The van der Waals surface area contributed by atoms with E-state index in [0.29, 0.717) is 18.5 Å². The molecule has 0 aromatic heterocycles. The van der Waals surface area contributed by atoms with Crippen LogP contribution < -0.4 is 5.32 Å². The van der Waals surface area contributed by atoms with Crippen molar-refractivity contribution in [1.82, 2.24) is 5.32 Å². The Morgan fingerprint density at radius 3 is 2.48 bits per heavy atom. The van der Waals surface area contributed by atoms with E-state index in [4.69, 9.17) is 0 Å². The molecule has 0 radical (unpaired) electrons. The monoisotopic (exact) mass is 289 g/mol.